The first-order valence-corrected chi connectivity index (χ1v) is 5.49. The van der Waals surface area contributed by atoms with E-state index >= 15 is 0 Å². The van der Waals surface area contributed by atoms with Gasteiger partial charge in [-0.1, -0.05) is 27.5 Å². The van der Waals surface area contributed by atoms with Gasteiger partial charge >= 0.3 is 0 Å². The maximum Gasteiger partial charge on any atom is 0.0844 e. The normalized spacial score (nSPS) is 13.3. The Balaban J connectivity index is 2.83. The molecule has 1 aromatic heterocycles. The summed E-state index contributed by atoms with van der Waals surface area (Å²) < 4.78 is 1.73. The van der Waals surface area contributed by atoms with Crippen LogP contribution in [-0.4, -0.2) is 26.3 Å². The molecule has 74 valence electrons. The molecule has 0 bridgehead atoms. The molecule has 0 aliphatic heterocycles. The fraction of sp³-hybridized carbons (Fsp3) is 0.625. The van der Waals surface area contributed by atoms with E-state index in [1.807, 2.05) is 13.8 Å². The number of aryl methyl sites for hydroxylation is 1. The van der Waals surface area contributed by atoms with E-state index in [1.54, 1.807) is 4.68 Å². The number of aliphatic hydroxyl groups is 1. The predicted molar refractivity (Wildman–Crippen MR) is 56.5 cm³/mol. The van der Waals surface area contributed by atoms with Crippen molar-refractivity contribution in [1.82, 2.24) is 9.78 Å². The quantitative estimate of drug-likeness (QED) is 0.850. The Morgan fingerprint density at radius 3 is 2.62 bits per heavy atom. The molecule has 3 nitrogen and oxygen atoms in total. The second kappa shape index (κ2) is 4.44. The number of halogens is 2. The summed E-state index contributed by atoms with van der Waals surface area (Å²) in [5, 5.41) is 14.8. The van der Waals surface area contributed by atoms with Gasteiger partial charge in [0, 0.05) is 5.33 Å². The Bertz CT molecular complexity index is 301. The Morgan fingerprint density at radius 2 is 2.23 bits per heavy atom. The van der Waals surface area contributed by atoms with Crippen LogP contribution >= 0.6 is 27.5 Å². The van der Waals surface area contributed by atoms with Gasteiger partial charge in [0.15, 0.2) is 0 Å². The van der Waals surface area contributed by atoms with E-state index in [9.17, 15) is 5.11 Å². The molecular weight excluding hydrogens is 255 g/mol. The predicted octanol–water partition coefficient (Wildman–Crippen LogP) is 1.91. The fourth-order valence-corrected chi connectivity index (χ4v) is 1.44. The number of hydrogen-bond acceptors (Lipinski definition) is 2. The van der Waals surface area contributed by atoms with Gasteiger partial charge in [0.05, 0.1) is 29.1 Å². The Kier molecular flexibility index (Phi) is 3.76. The van der Waals surface area contributed by atoms with Crippen LogP contribution < -0.4 is 0 Å². The van der Waals surface area contributed by atoms with E-state index in [4.69, 9.17) is 11.6 Å². The van der Waals surface area contributed by atoms with Crippen molar-refractivity contribution in [3.8, 4) is 0 Å². The summed E-state index contributed by atoms with van der Waals surface area (Å²) in [5.74, 6) is 0. The van der Waals surface area contributed by atoms with Crippen molar-refractivity contribution in [3.05, 3.63) is 16.4 Å². The zero-order valence-corrected chi connectivity index (χ0v) is 9.93. The monoisotopic (exact) mass is 266 g/mol. The molecule has 0 aromatic carbocycles. The standard InChI is InChI=1S/C8H12BrClN2O/c1-5-8(10)6(2)12(11-5)4-7(13)3-9/h7,13H,3-4H2,1-2H3. The molecule has 0 aliphatic rings. The number of aliphatic hydroxyl groups excluding tert-OH is 1. The Hall–Kier alpha value is -0.0600. The van der Waals surface area contributed by atoms with Gasteiger partial charge in [0.1, 0.15) is 0 Å². The SMILES string of the molecule is Cc1nn(CC(O)CBr)c(C)c1Cl. The van der Waals surface area contributed by atoms with Crippen LogP contribution in [0, 0.1) is 13.8 Å². The van der Waals surface area contributed by atoms with Gasteiger partial charge in [-0.2, -0.15) is 5.10 Å². The van der Waals surface area contributed by atoms with Crippen molar-refractivity contribution >= 4 is 27.5 Å². The van der Waals surface area contributed by atoms with Gasteiger partial charge < -0.3 is 5.11 Å². The highest BCUT2D eigenvalue weighted by molar-refractivity contribution is 9.09. The van der Waals surface area contributed by atoms with Crippen LogP contribution in [0.25, 0.3) is 0 Å². The van der Waals surface area contributed by atoms with E-state index in [2.05, 4.69) is 21.0 Å². The summed E-state index contributed by atoms with van der Waals surface area (Å²) in [6.07, 6.45) is -0.422. The van der Waals surface area contributed by atoms with Crippen molar-refractivity contribution < 1.29 is 5.11 Å². The van der Waals surface area contributed by atoms with Crippen molar-refractivity contribution in [3.63, 3.8) is 0 Å². The third-order valence-corrected chi connectivity index (χ3v) is 3.15. The highest BCUT2D eigenvalue weighted by Crippen LogP contribution is 2.19. The summed E-state index contributed by atoms with van der Waals surface area (Å²) in [7, 11) is 0. The van der Waals surface area contributed by atoms with Crippen molar-refractivity contribution in [2.45, 2.75) is 26.5 Å². The van der Waals surface area contributed by atoms with Gasteiger partial charge in [-0.15, -0.1) is 0 Å². The maximum absolute atomic E-state index is 9.39. The summed E-state index contributed by atoms with van der Waals surface area (Å²) >= 11 is 9.15. The lowest BCUT2D eigenvalue weighted by molar-refractivity contribution is 0.173. The van der Waals surface area contributed by atoms with Gasteiger partial charge in [0.25, 0.3) is 0 Å². The molecule has 1 N–H and O–H groups in total. The van der Waals surface area contributed by atoms with Crippen LogP contribution in [0.1, 0.15) is 11.4 Å². The summed E-state index contributed by atoms with van der Waals surface area (Å²) in [5.41, 5.74) is 1.71. The molecule has 0 radical (unpaired) electrons. The number of alkyl halides is 1. The molecular formula is C8H12BrClN2O. The molecule has 0 amide bonds. The third kappa shape index (κ3) is 2.45. The van der Waals surface area contributed by atoms with Crippen LogP contribution in [-0.2, 0) is 6.54 Å². The van der Waals surface area contributed by atoms with Crippen molar-refractivity contribution in [2.24, 2.45) is 0 Å². The molecule has 1 unspecified atom stereocenters. The first-order valence-electron chi connectivity index (χ1n) is 3.99. The van der Waals surface area contributed by atoms with E-state index in [1.165, 1.54) is 0 Å². The number of rotatable bonds is 3. The summed E-state index contributed by atoms with van der Waals surface area (Å²) in [6, 6.07) is 0. The number of hydrogen-bond donors (Lipinski definition) is 1. The largest absolute Gasteiger partial charge is 0.390 e. The molecule has 0 aliphatic carbocycles. The van der Waals surface area contributed by atoms with E-state index in [0.29, 0.717) is 16.9 Å². The van der Waals surface area contributed by atoms with E-state index in [0.717, 1.165) is 11.4 Å². The lowest BCUT2D eigenvalue weighted by Gasteiger charge is -2.08. The van der Waals surface area contributed by atoms with Crippen LogP contribution in [0.5, 0.6) is 0 Å². The smallest absolute Gasteiger partial charge is 0.0844 e. The maximum atomic E-state index is 9.39. The molecule has 1 rings (SSSR count). The molecule has 13 heavy (non-hydrogen) atoms. The van der Waals surface area contributed by atoms with Crippen molar-refractivity contribution in [1.29, 1.82) is 0 Å². The van der Waals surface area contributed by atoms with E-state index < -0.39 is 6.10 Å². The molecule has 0 spiro atoms. The average molecular weight is 268 g/mol. The Morgan fingerprint density at radius 1 is 1.62 bits per heavy atom. The fourth-order valence-electron chi connectivity index (χ4n) is 1.10. The minimum Gasteiger partial charge on any atom is -0.390 e. The molecule has 1 aromatic rings. The average Bonchev–Trinajstić information content (AvgIpc) is 2.34. The minimum absolute atomic E-state index is 0.422. The number of nitrogens with zero attached hydrogens (tertiary/aromatic N) is 2. The van der Waals surface area contributed by atoms with E-state index in [-0.39, 0.29) is 0 Å². The zero-order valence-electron chi connectivity index (χ0n) is 7.59. The second-order valence-corrected chi connectivity index (χ2v) is 4.00. The minimum atomic E-state index is -0.422. The van der Waals surface area contributed by atoms with Crippen LogP contribution in [0.3, 0.4) is 0 Å². The lowest BCUT2D eigenvalue weighted by Crippen LogP contribution is -2.19. The first-order chi connectivity index (χ1) is 6.06. The molecule has 0 saturated heterocycles. The second-order valence-electron chi connectivity index (χ2n) is 2.98. The molecule has 5 heteroatoms. The van der Waals surface area contributed by atoms with Gasteiger partial charge in [-0.3, -0.25) is 4.68 Å². The molecule has 0 saturated carbocycles. The summed E-state index contributed by atoms with van der Waals surface area (Å²) in [4.78, 5) is 0. The highest BCUT2D eigenvalue weighted by atomic mass is 79.9. The van der Waals surface area contributed by atoms with Crippen LogP contribution in [0.2, 0.25) is 5.02 Å². The zero-order chi connectivity index (χ0) is 10.0. The van der Waals surface area contributed by atoms with Gasteiger partial charge in [-0.05, 0) is 13.8 Å². The molecule has 1 atom stereocenters. The summed E-state index contributed by atoms with van der Waals surface area (Å²) in [6.45, 7) is 4.22. The molecule has 0 fully saturated rings. The van der Waals surface area contributed by atoms with Crippen molar-refractivity contribution in [2.75, 3.05) is 5.33 Å². The van der Waals surface area contributed by atoms with Crippen LogP contribution in [0.4, 0.5) is 0 Å². The number of aromatic nitrogens is 2. The van der Waals surface area contributed by atoms with Crippen LogP contribution in [0.15, 0.2) is 0 Å². The lowest BCUT2D eigenvalue weighted by atomic mass is 10.3. The topological polar surface area (TPSA) is 38.0 Å². The third-order valence-electron chi connectivity index (χ3n) is 1.85. The highest BCUT2D eigenvalue weighted by Gasteiger charge is 2.11. The van der Waals surface area contributed by atoms with Gasteiger partial charge in [-0.25, -0.2) is 0 Å². The van der Waals surface area contributed by atoms with Gasteiger partial charge in [0.2, 0.25) is 0 Å². The Labute approximate surface area is 90.8 Å². The molecule has 1 heterocycles. The first kappa shape index (κ1) is 11.0.